The Morgan fingerprint density at radius 3 is 2.50 bits per heavy atom. The predicted octanol–water partition coefficient (Wildman–Crippen LogP) is 1.24. The first-order valence-electron chi connectivity index (χ1n) is 5.28. The van der Waals surface area contributed by atoms with Crippen LogP contribution in [0.25, 0.3) is 0 Å². The standard InChI is InChI=1S/C10H15F2NO/c11-10(12)5-8(10)4-9(7-14)2-1-3-13(9)6-8/h14H,1-7H2/t8-,9-/m0/s1. The van der Waals surface area contributed by atoms with Crippen molar-refractivity contribution in [3.05, 3.63) is 0 Å². The van der Waals surface area contributed by atoms with Crippen LogP contribution in [0.1, 0.15) is 25.7 Å². The molecule has 3 fully saturated rings. The summed E-state index contributed by atoms with van der Waals surface area (Å²) in [4.78, 5) is 2.09. The predicted molar refractivity (Wildman–Crippen MR) is 47.2 cm³/mol. The highest BCUT2D eigenvalue weighted by molar-refractivity contribution is 5.21. The Morgan fingerprint density at radius 1 is 1.29 bits per heavy atom. The summed E-state index contributed by atoms with van der Waals surface area (Å²) in [6, 6.07) is 0. The monoisotopic (exact) mass is 203 g/mol. The van der Waals surface area contributed by atoms with E-state index in [0.717, 1.165) is 19.4 Å². The molecule has 14 heavy (non-hydrogen) atoms. The van der Waals surface area contributed by atoms with Gasteiger partial charge in [-0.3, -0.25) is 4.90 Å². The molecule has 1 aliphatic carbocycles. The number of hydrogen-bond acceptors (Lipinski definition) is 2. The van der Waals surface area contributed by atoms with E-state index in [4.69, 9.17) is 0 Å². The van der Waals surface area contributed by atoms with Gasteiger partial charge in [0.05, 0.1) is 12.0 Å². The Labute approximate surface area is 81.9 Å². The van der Waals surface area contributed by atoms with Gasteiger partial charge in [0, 0.05) is 18.5 Å². The van der Waals surface area contributed by atoms with Crippen molar-refractivity contribution < 1.29 is 13.9 Å². The average Bonchev–Trinajstić information content (AvgIpc) is 2.47. The van der Waals surface area contributed by atoms with Gasteiger partial charge in [-0.05, 0) is 25.8 Å². The number of aliphatic hydroxyl groups is 1. The molecule has 0 aromatic heterocycles. The van der Waals surface area contributed by atoms with Crippen molar-refractivity contribution in [2.75, 3.05) is 19.7 Å². The van der Waals surface area contributed by atoms with Crippen molar-refractivity contribution in [2.45, 2.75) is 37.1 Å². The second kappa shape index (κ2) is 2.30. The van der Waals surface area contributed by atoms with Crippen molar-refractivity contribution in [3.8, 4) is 0 Å². The molecule has 2 aliphatic heterocycles. The van der Waals surface area contributed by atoms with Gasteiger partial charge in [-0.2, -0.15) is 0 Å². The summed E-state index contributed by atoms with van der Waals surface area (Å²) in [5.41, 5.74) is -1.06. The molecular formula is C10H15F2NO. The van der Waals surface area contributed by atoms with E-state index in [0.29, 0.717) is 13.0 Å². The Balaban J connectivity index is 1.87. The lowest BCUT2D eigenvalue weighted by Crippen LogP contribution is -2.41. The van der Waals surface area contributed by atoms with Gasteiger partial charge in [-0.25, -0.2) is 8.78 Å². The Kier molecular flexibility index (Phi) is 1.48. The van der Waals surface area contributed by atoms with Crippen LogP contribution in [0.3, 0.4) is 0 Å². The fraction of sp³-hybridized carbons (Fsp3) is 1.00. The maximum atomic E-state index is 13.2. The van der Waals surface area contributed by atoms with E-state index in [9.17, 15) is 13.9 Å². The maximum Gasteiger partial charge on any atom is 0.255 e. The minimum absolute atomic E-state index is 0.0399. The summed E-state index contributed by atoms with van der Waals surface area (Å²) in [5.74, 6) is -2.46. The molecule has 3 rings (SSSR count). The first-order chi connectivity index (χ1) is 6.54. The van der Waals surface area contributed by atoms with Gasteiger partial charge >= 0.3 is 0 Å². The Bertz CT molecular complexity index is 283. The quantitative estimate of drug-likeness (QED) is 0.693. The van der Waals surface area contributed by atoms with Crippen molar-refractivity contribution in [3.63, 3.8) is 0 Å². The zero-order valence-corrected chi connectivity index (χ0v) is 8.10. The minimum atomic E-state index is -2.46. The fourth-order valence-electron chi connectivity index (χ4n) is 3.47. The molecule has 0 unspecified atom stereocenters. The molecule has 80 valence electrons. The number of hydrogen-bond donors (Lipinski definition) is 1. The second-order valence-corrected chi connectivity index (χ2v) is 5.25. The number of alkyl halides is 2. The summed E-state index contributed by atoms with van der Waals surface area (Å²) < 4.78 is 26.4. The lowest BCUT2D eigenvalue weighted by atomic mass is 9.89. The van der Waals surface area contributed by atoms with E-state index in [1.54, 1.807) is 0 Å². The van der Waals surface area contributed by atoms with Crippen LogP contribution in [0.15, 0.2) is 0 Å². The third kappa shape index (κ3) is 0.865. The maximum absolute atomic E-state index is 13.2. The van der Waals surface area contributed by atoms with Crippen LogP contribution in [-0.4, -0.2) is 41.2 Å². The first-order valence-corrected chi connectivity index (χ1v) is 5.28. The van der Waals surface area contributed by atoms with Gasteiger partial charge in [0.2, 0.25) is 0 Å². The number of nitrogens with zero attached hydrogens (tertiary/aromatic N) is 1. The van der Waals surface area contributed by atoms with Gasteiger partial charge in [-0.15, -0.1) is 0 Å². The van der Waals surface area contributed by atoms with E-state index >= 15 is 0 Å². The number of halogens is 2. The van der Waals surface area contributed by atoms with E-state index < -0.39 is 11.3 Å². The largest absolute Gasteiger partial charge is 0.394 e. The molecule has 2 atom stereocenters. The molecule has 0 aromatic rings. The molecule has 2 nitrogen and oxygen atoms in total. The lowest BCUT2D eigenvalue weighted by molar-refractivity contribution is 0.0644. The number of aliphatic hydroxyl groups excluding tert-OH is 1. The molecular weight excluding hydrogens is 188 g/mol. The van der Waals surface area contributed by atoms with Gasteiger partial charge in [-0.1, -0.05) is 0 Å². The molecule has 0 bridgehead atoms. The molecule has 2 heterocycles. The van der Waals surface area contributed by atoms with Crippen LogP contribution in [-0.2, 0) is 0 Å². The second-order valence-electron chi connectivity index (χ2n) is 5.25. The smallest absolute Gasteiger partial charge is 0.255 e. The Hall–Kier alpha value is -0.220. The topological polar surface area (TPSA) is 23.5 Å². The van der Waals surface area contributed by atoms with E-state index in [2.05, 4.69) is 4.90 Å². The van der Waals surface area contributed by atoms with Gasteiger partial charge in [0.15, 0.2) is 0 Å². The van der Waals surface area contributed by atoms with E-state index in [1.807, 2.05) is 0 Å². The third-order valence-electron chi connectivity index (χ3n) is 4.41. The van der Waals surface area contributed by atoms with Crippen molar-refractivity contribution >= 4 is 0 Å². The summed E-state index contributed by atoms with van der Waals surface area (Å²) in [6.07, 6.45) is 2.48. The normalized spacial score (nSPS) is 49.9. The minimum Gasteiger partial charge on any atom is -0.394 e. The van der Waals surface area contributed by atoms with Crippen LogP contribution in [0.4, 0.5) is 8.78 Å². The summed E-state index contributed by atoms with van der Waals surface area (Å²) in [5, 5.41) is 9.37. The summed E-state index contributed by atoms with van der Waals surface area (Å²) >= 11 is 0. The number of rotatable bonds is 1. The molecule has 1 spiro atoms. The van der Waals surface area contributed by atoms with E-state index in [1.165, 1.54) is 0 Å². The van der Waals surface area contributed by atoms with Crippen molar-refractivity contribution in [2.24, 2.45) is 5.41 Å². The number of fused-ring (bicyclic) bond motifs is 1. The highest BCUT2D eigenvalue weighted by Crippen LogP contribution is 2.69. The van der Waals surface area contributed by atoms with Crippen LogP contribution in [0.2, 0.25) is 0 Å². The first kappa shape index (κ1) is 9.04. The zero-order chi connectivity index (χ0) is 10.0. The average molecular weight is 203 g/mol. The molecule has 2 saturated heterocycles. The third-order valence-corrected chi connectivity index (χ3v) is 4.41. The molecule has 4 heteroatoms. The van der Waals surface area contributed by atoms with Gasteiger partial charge in [0.25, 0.3) is 5.92 Å². The van der Waals surface area contributed by atoms with Gasteiger partial charge in [0.1, 0.15) is 0 Å². The molecule has 1 N–H and O–H groups in total. The molecule has 0 aromatic carbocycles. The fourth-order valence-corrected chi connectivity index (χ4v) is 3.47. The molecule has 3 aliphatic rings. The molecule has 0 amide bonds. The highest BCUT2D eigenvalue weighted by atomic mass is 19.3. The molecule has 0 radical (unpaired) electrons. The van der Waals surface area contributed by atoms with Crippen LogP contribution in [0, 0.1) is 5.41 Å². The Morgan fingerprint density at radius 2 is 2.00 bits per heavy atom. The van der Waals surface area contributed by atoms with Crippen LogP contribution >= 0.6 is 0 Å². The summed E-state index contributed by atoms with van der Waals surface area (Å²) in [6.45, 7) is 1.43. The van der Waals surface area contributed by atoms with Crippen molar-refractivity contribution in [1.29, 1.82) is 0 Å². The zero-order valence-electron chi connectivity index (χ0n) is 8.10. The summed E-state index contributed by atoms with van der Waals surface area (Å²) in [7, 11) is 0. The van der Waals surface area contributed by atoms with Crippen LogP contribution < -0.4 is 0 Å². The highest BCUT2D eigenvalue weighted by Gasteiger charge is 2.76. The van der Waals surface area contributed by atoms with Crippen LogP contribution in [0.5, 0.6) is 0 Å². The van der Waals surface area contributed by atoms with Gasteiger partial charge < -0.3 is 5.11 Å². The SMILES string of the molecule is OC[C@@]12CCCN1C[C@@]1(CC1(F)F)C2. The van der Waals surface area contributed by atoms with E-state index in [-0.39, 0.29) is 18.6 Å². The molecule has 1 saturated carbocycles. The lowest BCUT2D eigenvalue weighted by Gasteiger charge is -2.29. The van der Waals surface area contributed by atoms with Crippen molar-refractivity contribution in [1.82, 2.24) is 4.90 Å².